The molecular weight excluding hydrogens is 440 g/mol. The molecule has 0 radical (unpaired) electrons. The summed E-state index contributed by atoms with van der Waals surface area (Å²) in [5.74, 6) is 0.319. The van der Waals surface area contributed by atoms with Gasteiger partial charge in [-0.1, -0.05) is 29.1 Å². The first-order valence-corrected chi connectivity index (χ1v) is 11.6. The Bertz CT molecular complexity index is 1300. The fourth-order valence-corrected chi connectivity index (χ4v) is 4.42. The van der Waals surface area contributed by atoms with E-state index in [4.69, 9.17) is 8.94 Å². The third-order valence-corrected chi connectivity index (χ3v) is 6.53. The van der Waals surface area contributed by atoms with Crippen LogP contribution < -0.4 is 10.0 Å². The molecule has 1 amide bonds. The van der Waals surface area contributed by atoms with Crippen LogP contribution in [0.25, 0.3) is 11.1 Å². The van der Waals surface area contributed by atoms with Gasteiger partial charge in [-0.15, -0.1) is 0 Å². The van der Waals surface area contributed by atoms with E-state index in [1.807, 2.05) is 24.3 Å². The number of oxazole rings is 1. The van der Waals surface area contributed by atoms with Gasteiger partial charge in [-0.3, -0.25) is 9.52 Å². The van der Waals surface area contributed by atoms with E-state index in [0.717, 1.165) is 5.52 Å². The molecule has 9 nitrogen and oxygen atoms in total. The number of thioether (sulfide) groups is 1. The summed E-state index contributed by atoms with van der Waals surface area (Å²) in [6.45, 7) is 3.39. The van der Waals surface area contributed by atoms with Crippen molar-refractivity contribution in [2.24, 2.45) is 0 Å². The number of hydrogen-bond acceptors (Lipinski definition) is 8. The lowest BCUT2D eigenvalue weighted by Gasteiger charge is -2.11. The molecule has 0 fully saturated rings. The predicted molar refractivity (Wildman–Crippen MR) is 116 cm³/mol. The Hall–Kier alpha value is -3.31. The first kappa shape index (κ1) is 20.9. The van der Waals surface area contributed by atoms with Gasteiger partial charge in [0, 0.05) is 11.8 Å². The van der Waals surface area contributed by atoms with Crippen molar-refractivity contribution in [3.05, 3.63) is 60.4 Å². The quantitative estimate of drug-likeness (QED) is 0.397. The molecule has 0 saturated carbocycles. The van der Waals surface area contributed by atoms with Gasteiger partial charge in [0.1, 0.15) is 11.3 Å². The number of anilines is 2. The van der Waals surface area contributed by atoms with Gasteiger partial charge in [-0.2, -0.15) is 0 Å². The van der Waals surface area contributed by atoms with Crippen LogP contribution in [-0.2, 0) is 14.8 Å². The molecular formula is C20H18N4O5S2. The van der Waals surface area contributed by atoms with Crippen molar-refractivity contribution in [3.63, 3.8) is 0 Å². The number of amides is 1. The highest BCUT2D eigenvalue weighted by Gasteiger charge is 2.19. The summed E-state index contributed by atoms with van der Waals surface area (Å²) in [6, 6.07) is 14.6. The second kappa shape index (κ2) is 8.44. The predicted octanol–water partition coefficient (Wildman–Crippen LogP) is 4.04. The molecule has 0 saturated heterocycles. The van der Waals surface area contributed by atoms with Gasteiger partial charge in [0.25, 0.3) is 15.2 Å². The summed E-state index contributed by atoms with van der Waals surface area (Å²) in [4.78, 5) is 16.9. The lowest BCUT2D eigenvalue weighted by Crippen LogP contribution is -2.22. The number of carbonyl (C=O) groups excluding carboxylic acids is 1. The lowest BCUT2D eigenvalue weighted by molar-refractivity contribution is -0.115. The average molecular weight is 459 g/mol. The number of sulfonamides is 1. The molecule has 0 aliphatic heterocycles. The maximum atomic E-state index is 12.5. The van der Waals surface area contributed by atoms with E-state index in [0.29, 0.717) is 22.3 Å². The Morgan fingerprint density at radius 2 is 1.87 bits per heavy atom. The molecule has 2 aromatic carbocycles. The molecule has 2 aromatic heterocycles. The van der Waals surface area contributed by atoms with Crippen LogP contribution in [-0.4, -0.2) is 29.7 Å². The van der Waals surface area contributed by atoms with E-state index in [1.165, 1.54) is 42.1 Å². The van der Waals surface area contributed by atoms with Crippen molar-refractivity contribution in [2.75, 3.05) is 10.0 Å². The summed E-state index contributed by atoms with van der Waals surface area (Å²) in [6.07, 6.45) is 0. The number of hydrogen-bond donors (Lipinski definition) is 2. The number of nitrogens with zero attached hydrogens (tertiary/aromatic N) is 2. The monoisotopic (exact) mass is 458 g/mol. The van der Waals surface area contributed by atoms with E-state index < -0.39 is 15.3 Å². The number of aromatic nitrogens is 2. The third-order valence-electron chi connectivity index (χ3n) is 4.22. The maximum Gasteiger partial charge on any atom is 0.263 e. The Morgan fingerprint density at radius 3 is 2.55 bits per heavy atom. The first-order chi connectivity index (χ1) is 14.8. The molecule has 0 bridgehead atoms. The second-order valence-corrected chi connectivity index (χ2v) is 9.62. The zero-order chi connectivity index (χ0) is 22.0. The minimum Gasteiger partial charge on any atom is -0.431 e. The van der Waals surface area contributed by atoms with Crippen molar-refractivity contribution in [1.29, 1.82) is 0 Å². The number of para-hydroxylation sites is 2. The van der Waals surface area contributed by atoms with Crippen LogP contribution in [0.5, 0.6) is 0 Å². The van der Waals surface area contributed by atoms with Crippen LogP contribution in [0.15, 0.2) is 73.7 Å². The smallest absolute Gasteiger partial charge is 0.263 e. The largest absolute Gasteiger partial charge is 0.431 e. The molecule has 1 unspecified atom stereocenters. The zero-order valence-corrected chi connectivity index (χ0v) is 18.2. The van der Waals surface area contributed by atoms with Gasteiger partial charge >= 0.3 is 0 Å². The Balaban J connectivity index is 1.39. The van der Waals surface area contributed by atoms with E-state index in [2.05, 4.69) is 20.2 Å². The van der Waals surface area contributed by atoms with Gasteiger partial charge in [0.15, 0.2) is 11.4 Å². The fraction of sp³-hybridized carbons (Fsp3) is 0.150. The summed E-state index contributed by atoms with van der Waals surface area (Å²) in [5, 5.41) is 6.29. The normalized spacial score (nSPS) is 12.6. The van der Waals surface area contributed by atoms with Crippen LogP contribution in [0.3, 0.4) is 0 Å². The van der Waals surface area contributed by atoms with Crippen molar-refractivity contribution in [1.82, 2.24) is 10.1 Å². The zero-order valence-electron chi connectivity index (χ0n) is 16.5. The summed E-state index contributed by atoms with van der Waals surface area (Å²) >= 11 is 1.20. The third kappa shape index (κ3) is 4.89. The Labute approximate surface area is 182 Å². The van der Waals surface area contributed by atoms with Gasteiger partial charge in [-0.25, -0.2) is 13.4 Å². The number of rotatable bonds is 7. The minimum atomic E-state index is -3.83. The van der Waals surface area contributed by atoms with Crippen LogP contribution >= 0.6 is 11.8 Å². The highest BCUT2D eigenvalue weighted by molar-refractivity contribution is 8.00. The lowest BCUT2D eigenvalue weighted by atomic mass is 10.3. The second-order valence-electron chi connectivity index (χ2n) is 6.65. The van der Waals surface area contributed by atoms with Crippen LogP contribution in [0, 0.1) is 6.92 Å². The minimum absolute atomic E-state index is 0.0278. The topological polar surface area (TPSA) is 127 Å². The molecule has 2 N–H and O–H groups in total. The number of nitrogens with one attached hydrogen (secondary N) is 2. The molecule has 4 aromatic rings. The molecule has 0 spiro atoms. The molecule has 11 heteroatoms. The molecule has 2 heterocycles. The van der Waals surface area contributed by atoms with Crippen LogP contribution in [0.1, 0.15) is 12.7 Å². The van der Waals surface area contributed by atoms with Crippen LogP contribution in [0.2, 0.25) is 0 Å². The van der Waals surface area contributed by atoms with Crippen molar-refractivity contribution in [2.45, 2.75) is 29.2 Å². The van der Waals surface area contributed by atoms with Gasteiger partial charge in [-0.05, 0) is 50.2 Å². The highest BCUT2D eigenvalue weighted by atomic mass is 32.2. The summed E-state index contributed by atoms with van der Waals surface area (Å²) in [5.41, 5.74) is 1.85. The van der Waals surface area contributed by atoms with Crippen molar-refractivity contribution >= 4 is 50.3 Å². The SMILES string of the molecule is Cc1cc(NS(=O)(=O)c2ccc(NC(=O)C(C)Sc3nc4ccccc4o3)cc2)no1. The summed E-state index contributed by atoms with van der Waals surface area (Å²) < 4.78 is 37.7. The Kier molecular flexibility index (Phi) is 5.70. The number of aryl methyl sites for hydroxylation is 1. The highest BCUT2D eigenvalue weighted by Crippen LogP contribution is 2.27. The van der Waals surface area contributed by atoms with E-state index in [9.17, 15) is 13.2 Å². The van der Waals surface area contributed by atoms with Crippen LogP contribution in [0.4, 0.5) is 11.5 Å². The van der Waals surface area contributed by atoms with E-state index in [1.54, 1.807) is 13.8 Å². The van der Waals surface area contributed by atoms with Gasteiger partial charge < -0.3 is 14.3 Å². The first-order valence-electron chi connectivity index (χ1n) is 9.19. The fourth-order valence-electron chi connectivity index (χ4n) is 2.68. The molecule has 4 rings (SSSR count). The van der Waals surface area contributed by atoms with Crippen molar-refractivity contribution < 1.29 is 22.2 Å². The molecule has 1 atom stereocenters. The maximum absolute atomic E-state index is 12.5. The van der Waals surface area contributed by atoms with Crippen molar-refractivity contribution in [3.8, 4) is 0 Å². The molecule has 0 aliphatic carbocycles. The van der Waals surface area contributed by atoms with E-state index >= 15 is 0 Å². The number of benzene rings is 2. The Morgan fingerprint density at radius 1 is 1.13 bits per heavy atom. The standard InChI is InChI=1S/C20H18N4O5S2/c1-12-11-18(23-29-12)24-31(26,27)15-9-7-14(8-10-15)21-19(25)13(2)30-20-22-16-5-3-4-6-17(16)28-20/h3-11,13H,1-2H3,(H,21,25)(H,23,24). The average Bonchev–Trinajstić information content (AvgIpc) is 3.32. The summed E-state index contributed by atoms with van der Waals surface area (Å²) in [7, 11) is -3.83. The number of fused-ring (bicyclic) bond motifs is 1. The van der Waals surface area contributed by atoms with Gasteiger partial charge in [0.2, 0.25) is 5.91 Å². The molecule has 0 aliphatic rings. The molecule has 160 valence electrons. The van der Waals surface area contributed by atoms with E-state index in [-0.39, 0.29) is 16.6 Å². The number of carbonyl (C=O) groups is 1. The molecule has 31 heavy (non-hydrogen) atoms. The van der Waals surface area contributed by atoms with Gasteiger partial charge in [0.05, 0.1) is 10.1 Å².